The number of fused-ring (bicyclic) bond motifs is 1. The molecule has 148 valence electrons. The molecule has 27 heavy (non-hydrogen) atoms. The van der Waals surface area contributed by atoms with E-state index in [-0.39, 0.29) is 29.4 Å². The van der Waals surface area contributed by atoms with Crippen LogP contribution in [0, 0.1) is 0 Å². The van der Waals surface area contributed by atoms with Crippen LogP contribution < -0.4 is 5.73 Å². The molecule has 0 bridgehead atoms. The van der Waals surface area contributed by atoms with Gasteiger partial charge in [0.15, 0.2) is 0 Å². The first-order valence-electron chi connectivity index (χ1n) is 7.78. The van der Waals surface area contributed by atoms with E-state index in [0.717, 1.165) is 16.7 Å². The summed E-state index contributed by atoms with van der Waals surface area (Å²) in [6.07, 6.45) is -0.363. The van der Waals surface area contributed by atoms with Gasteiger partial charge in [-0.05, 0) is 22.9 Å². The second-order valence-corrected chi connectivity index (χ2v) is 9.86. The standard InChI is InChI=1S/C12H17N6O6PS2/c1-2-24-25(22,23)3-6(27-12-14-16-17-15-12)5-4-26-10-7(13)9(19)18(10)8(5)11(20)21/h6-7,10H,2-4,13H2,1H3,(H,20,21)(H,22,23)(H,14,15,16,17)/t6?,7-,10+/m1/s1. The molecule has 4 atom stereocenters. The zero-order valence-corrected chi connectivity index (χ0v) is 16.5. The minimum atomic E-state index is -4.00. The largest absolute Gasteiger partial charge is 0.477 e. The van der Waals surface area contributed by atoms with Gasteiger partial charge in [-0.2, -0.15) is 0 Å². The summed E-state index contributed by atoms with van der Waals surface area (Å²) < 4.78 is 17.3. The lowest BCUT2D eigenvalue weighted by molar-refractivity contribution is -0.148. The first-order chi connectivity index (χ1) is 12.7. The molecule has 0 saturated carbocycles. The highest BCUT2D eigenvalue weighted by Gasteiger charge is 2.52. The van der Waals surface area contributed by atoms with Crippen molar-refractivity contribution < 1.29 is 28.7 Å². The van der Waals surface area contributed by atoms with Crippen LogP contribution in [0.2, 0.25) is 0 Å². The Kier molecular flexibility index (Phi) is 5.93. The van der Waals surface area contributed by atoms with Crippen LogP contribution in [0.4, 0.5) is 0 Å². The quantitative estimate of drug-likeness (QED) is 0.232. The van der Waals surface area contributed by atoms with Gasteiger partial charge < -0.3 is 20.3 Å². The molecule has 5 N–H and O–H groups in total. The Balaban J connectivity index is 1.99. The summed E-state index contributed by atoms with van der Waals surface area (Å²) in [6, 6.07) is -0.761. The first-order valence-corrected chi connectivity index (χ1v) is 11.5. The lowest BCUT2D eigenvalue weighted by Gasteiger charge is -2.48. The molecule has 3 rings (SSSR count). The molecule has 0 aliphatic carbocycles. The Morgan fingerprint density at radius 2 is 2.37 bits per heavy atom. The molecule has 1 aromatic heterocycles. The monoisotopic (exact) mass is 436 g/mol. The van der Waals surface area contributed by atoms with Crippen molar-refractivity contribution in [2.45, 2.75) is 28.7 Å². The highest BCUT2D eigenvalue weighted by Crippen LogP contribution is 2.49. The molecule has 1 amide bonds. The summed E-state index contributed by atoms with van der Waals surface area (Å²) in [5.74, 6) is -1.57. The number of rotatable bonds is 8. The van der Waals surface area contributed by atoms with Crippen LogP contribution in [0.1, 0.15) is 6.92 Å². The third-order valence-electron chi connectivity index (χ3n) is 3.94. The number of aromatic amines is 1. The number of tetrazole rings is 1. The molecule has 1 saturated heterocycles. The van der Waals surface area contributed by atoms with Crippen molar-refractivity contribution in [1.82, 2.24) is 25.5 Å². The summed E-state index contributed by atoms with van der Waals surface area (Å²) in [4.78, 5) is 35.2. The van der Waals surface area contributed by atoms with Gasteiger partial charge in [0.2, 0.25) is 11.1 Å². The fourth-order valence-corrected chi connectivity index (χ4v) is 7.08. The summed E-state index contributed by atoms with van der Waals surface area (Å²) in [7, 11) is -4.00. The number of carboxylic acid groups (broad SMARTS) is 1. The topological polar surface area (TPSA) is 185 Å². The fraction of sp³-hybridized carbons (Fsp3) is 0.583. The lowest BCUT2D eigenvalue weighted by atomic mass is 10.0. The number of aliphatic carboxylic acids is 1. The predicted molar refractivity (Wildman–Crippen MR) is 95.9 cm³/mol. The minimum Gasteiger partial charge on any atom is -0.477 e. The molecule has 0 aromatic carbocycles. The van der Waals surface area contributed by atoms with E-state index in [9.17, 15) is 24.2 Å². The number of nitrogens with one attached hydrogen (secondary N) is 1. The highest BCUT2D eigenvalue weighted by molar-refractivity contribution is 8.01. The van der Waals surface area contributed by atoms with Gasteiger partial charge in [0.25, 0.3) is 0 Å². The molecule has 15 heteroatoms. The van der Waals surface area contributed by atoms with Gasteiger partial charge in [0.05, 0.1) is 12.8 Å². The van der Waals surface area contributed by atoms with Gasteiger partial charge in [0, 0.05) is 11.0 Å². The number of β-lactam (4-membered cyclic amide) rings is 1. The van der Waals surface area contributed by atoms with E-state index in [0.29, 0.717) is 5.57 Å². The third-order valence-corrected chi connectivity index (χ3v) is 8.13. The highest BCUT2D eigenvalue weighted by atomic mass is 32.2. The van der Waals surface area contributed by atoms with Gasteiger partial charge in [-0.3, -0.25) is 14.3 Å². The molecule has 0 radical (unpaired) electrons. The van der Waals surface area contributed by atoms with E-state index >= 15 is 0 Å². The van der Waals surface area contributed by atoms with E-state index in [2.05, 4.69) is 20.6 Å². The lowest BCUT2D eigenvalue weighted by Crippen LogP contribution is -2.68. The van der Waals surface area contributed by atoms with E-state index in [1.807, 2.05) is 0 Å². The van der Waals surface area contributed by atoms with Crippen LogP contribution in [0.15, 0.2) is 16.4 Å². The van der Waals surface area contributed by atoms with E-state index < -0.39 is 36.1 Å². The van der Waals surface area contributed by atoms with Crippen LogP contribution in [0.5, 0.6) is 0 Å². The van der Waals surface area contributed by atoms with Gasteiger partial charge in [-0.25, -0.2) is 9.89 Å². The number of carboxylic acids is 1. The molecule has 1 aromatic rings. The van der Waals surface area contributed by atoms with Crippen LogP contribution in [-0.2, 0) is 18.7 Å². The number of carbonyl (C=O) groups is 2. The molecule has 2 aliphatic rings. The number of nitrogens with two attached hydrogens (primary N) is 1. The minimum absolute atomic E-state index is 0.0240. The van der Waals surface area contributed by atoms with E-state index in [1.165, 1.54) is 11.8 Å². The zero-order valence-electron chi connectivity index (χ0n) is 14.0. The summed E-state index contributed by atoms with van der Waals surface area (Å²) in [6.45, 7) is 1.60. The number of hydrogen-bond acceptors (Lipinski definition) is 10. The van der Waals surface area contributed by atoms with Crippen molar-refractivity contribution >= 4 is 43.0 Å². The van der Waals surface area contributed by atoms with Crippen molar-refractivity contribution in [3.8, 4) is 0 Å². The number of thioether (sulfide) groups is 2. The SMILES string of the molecule is CCOP(=O)(O)CC(Sc1nnn[nH]1)C1=C(C(=O)O)N2C(=O)[C@@H](N)[C@@H]2SC1. The van der Waals surface area contributed by atoms with Crippen LogP contribution in [0.25, 0.3) is 0 Å². The van der Waals surface area contributed by atoms with E-state index in [1.54, 1.807) is 6.92 Å². The van der Waals surface area contributed by atoms with Crippen molar-refractivity contribution in [2.75, 3.05) is 18.5 Å². The van der Waals surface area contributed by atoms with Gasteiger partial charge in [-0.1, -0.05) is 11.8 Å². The van der Waals surface area contributed by atoms with Crippen LogP contribution in [0.3, 0.4) is 0 Å². The maximum Gasteiger partial charge on any atom is 0.352 e. The Bertz CT molecular complexity index is 819. The van der Waals surface area contributed by atoms with Crippen LogP contribution in [-0.4, -0.2) is 82.6 Å². The number of aromatic nitrogens is 4. The maximum atomic E-state index is 12.3. The van der Waals surface area contributed by atoms with E-state index in [4.69, 9.17) is 10.3 Å². The van der Waals surface area contributed by atoms with Crippen molar-refractivity contribution in [2.24, 2.45) is 5.73 Å². The first kappa shape index (κ1) is 20.3. The van der Waals surface area contributed by atoms with Crippen LogP contribution >= 0.6 is 31.1 Å². The van der Waals surface area contributed by atoms with Crippen molar-refractivity contribution in [3.05, 3.63) is 11.3 Å². The zero-order chi connectivity index (χ0) is 19.8. The molecular weight excluding hydrogens is 419 g/mol. The second-order valence-electron chi connectivity index (χ2n) is 5.67. The second kappa shape index (κ2) is 7.89. The Morgan fingerprint density at radius 1 is 1.63 bits per heavy atom. The molecule has 12 nitrogen and oxygen atoms in total. The average Bonchev–Trinajstić information content (AvgIpc) is 3.11. The molecule has 0 spiro atoms. The number of carbonyl (C=O) groups excluding carboxylic acids is 1. The normalized spacial score (nSPS) is 25.6. The number of H-pyrrole nitrogens is 1. The smallest absolute Gasteiger partial charge is 0.352 e. The van der Waals surface area contributed by atoms with Crippen molar-refractivity contribution in [1.29, 1.82) is 0 Å². The average molecular weight is 436 g/mol. The Labute approximate surface area is 161 Å². The maximum absolute atomic E-state index is 12.3. The Hall–Kier alpha value is -1.44. The molecule has 2 unspecified atom stereocenters. The molecular formula is C12H17N6O6PS2. The summed E-state index contributed by atoms with van der Waals surface area (Å²) in [5, 5.41) is 21.8. The third kappa shape index (κ3) is 4.05. The number of hydrogen-bond donors (Lipinski definition) is 4. The predicted octanol–water partition coefficient (Wildman–Crippen LogP) is -0.537. The fourth-order valence-electron chi connectivity index (χ4n) is 2.80. The van der Waals surface area contributed by atoms with Gasteiger partial charge in [-0.15, -0.1) is 16.9 Å². The Morgan fingerprint density at radius 3 is 2.96 bits per heavy atom. The number of nitrogens with zero attached hydrogens (tertiary/aromatic N) is 4. The van der Waals surface area contributed by atoms with Gasteiger partial charge >= 0.3 is 13.6 Å². The van der Waals surface area contributed by atoms with Gasteiger partial charge in [0.1, 0.15) is 17.1 Å². The summed E-state index contributed by atoms with van der Waals surface area (Å²) in [5.41, 5.74) is 5.85. The molecule has 2 aliphatic heterocycles. The molecule has 3 heterocycles. The van der Waals surface area contributed by atoms with Crippen molar-refractivity contribution in [3.63, 3.8) is 0 Å². The summed E-state index contributed by atoms with van der Waals surface area (Å²) >= 11 is 2.30. The number of amides is 1. The molecule has 1 fully saturated rings.